The Morgan fingerprint density at radius 1 is 1.32 bits per heavy atom. The Bertz CT molecular complexity index is 932. The van der Waals surface area contributed by atoms with Gasteiger partial charge in [-0.05, 0) is 41.3 Å². The number of aryl methyl sites for hydroxylation is 1. The second kappa shape index (κ2) is 6.04. The number of fused-ring (bicyclic) bond motifs is 1. The normalized spacial score (nSPS) is 19.8. The van der Waals surface area contributed by atoms with Crippen LogP contribution in [0.5, 0.6) is 5.75 Å². The van der Waals surface area contributed by atoms with Gasteiger partial charge in [0, 0.05) is 24.3 Å². The Morgan fingerprint density at radius 2 is 2.12 bits per heavy atom. The average molecular weight is 341 g/mol. The minimum Gasteiger partial charge on any atom is -0.505 e. The van der Waals surface area contributed by atoms with Gasteiger partial charge < -0.3 is 15.7 Å². The Labute approximate surface area is 144 Å². The first-order valence-electron chi connectivity index (χ1n) is 8.47. The fourth-order valence-corrected chi connectivity index (χ4v) is 3.25. The molecule has 0 spiro atoms. The van der Waals surface area contributed by atoms with Crippen LogP contribution < -0.4 is 10.6 Å². The first-order valence-corrected chi connectivity index (χ1v) is 8.47. The van der Waals surface area contributed by atoms with E-state index < -0.39 is 5.82 Å². The molecule has 1 fully saturated rings. The van der Waals surface area contributed by atoms with Crippen LogP contribution >= 0.6 is 0 Å². The van der Waals surface area contributed by atoms with Crippen LogP contribution in [0.15, 0.2) is 36.5 Å². The molecule has 3 aromatic rings. The first kappa shape index (κ1) is 15.9. The summed E-state index contributed by atoms with van der Waals surface area (Å²) < 4.78 is 13.9. The molecule has 1 heterocycles. The van der Waals surface area contributed by atoms with Crippen LogP contribution in [0.25, 0.3) is 22.0 Å². The zero-order valence-electron chi connectivity index (χ0n) is 13.9. The number of aromatic hydroxyl groups is 1. The van der Waals surface area contributed by atoms with E-state index >= 15 is 0 Å². The number of rotatable bonds is 4. The van der Waals surface area contributed by atoms with Gasteiger partial charge in [-0.25, -0.2) is 4.39 Å². The zero-order chi connectivity index (χ0) is 17.6. The molecule has 0 atom stereocenters. The highest BCUT2D eigenvalue weighted by Crippen LogP contribution is 2.32. The molecule has 3 N–H and O–H groups in total. The Kier molecular flexibility index (Phi) is 3.84. The SMILES string of the molecule is CCc1cc(O)c(F)cc1-c1ccc2cnn(OC3CC(N)C3)c2c1. The second-order valence-electron chi connectivity index (χ2n) is 6.56. The third-order valence-corrected chi connectivity index (χ3v) is 4.78. The molecule has 0 saturated heterocycles. The average Bonchev–Trinajstić information content (AvgIpc) is 2.98. The standard InChI is InChI=1S/C19H20FN3O2/c1-2-11-6-19(24)17(20)9-16(11)12-3-4-13-10-22-23(18(13)5-12)25-15-7-14(21)8-15/h3-6,9-10,14-15,24H,2,7-8,21H2,1H3. The van der Waals surface area contributed by atoms with Gasteiger partial charge in [-0.3, -0.25) is 0 Å². The van der Waals surface area contributed by atoms with Crippen LogP contribution in [0, 0.1) is 5.82 Å². The number of nitrogens with two attached hydrogens (primary N) is 1. The van der Waals surface area contributed by atoms with Crippen molar-refractivity contribution >= 4 is 10.9 Å². The largest absolute Gasteiger partial charge is 0.505 e. The maximum Gasteiger partial charge on any atom is 0.165 e. The lowest BCUT2D eigenvalue weighted by Gasteiger charge is -2.31. The second-order valence-corrected chi connectivity index (χ2v) is 6.56. The predicted octanol–water partition coefficient (Wildman–Crippen LogP) is 3.03. The van der Waals surface area contributed by atoms with Crippen molar-refractivity contribution in [2.75, 3.05) is 0 Å². The lowest BCUT2D eigenvalue weighted by Crippen LogP contribution is -2.46. The van der Waals surface area contributed by atoms with Crippen LogP contribution in [0.2, 0.25) is 0 Å². The Morgan fingerprint density at radius 3 is 2.84 bits per heavy atom. The van der Waals surface area contributed by atoms with E-state index in [9.17, 15) is 9.50 Å². The number of phenols is 1. The lowest BCUT2D eigenvalue weighted by atomic mass is 9.91. The molecule has 130 valence electrons. The summed E-state index contributed by atoms with van der Waals surface area (Å²) >= 11 is 0. The molecule has 1 aliphatic rings. The van der Waals surface area contributed by atoms with E-state index in [1.807, 2.05) is 25.1 Å². The van der Waals surface area contributed by atoms with Crippen molar-refractivity contribution < 1.29 is 14.3 Å². The van der Waals surface area contributed by atoms with Gasteiger partial charge in [0.05, 0.1) is 6.20 Å². The fourth-order valence-electron chi connectivity index (χ4n) is 3.25. The monoisotopic (exact) mass is 341 g/mol. The lowest BCUT2D eigenvalue weighted by molar-refractivity contribution is -0.0292. The fraction of sp³-hybridized carbons (Fsp3) is 0.316. The summed E-state index contributed by atoms with van der Waals surface area (Å²) in [4.78, 5) is 7.40. The summed E-state index contributed by atoms with van der Waals surface area (Å²) in [6.07, 6.45) is 4.17. The maximum absolute atomic E-state index is 13.9. The third kappa shape index (κ3) is 2.82. The smallest absolute Gasteiger partial charge is 0.165 e. The number of benzene rings is 2. The van der Waals surface area contributed by atoms with E-state index in [4.69, 9.17) is 10.6 Å². The van der Waals surface area contributed by atoms with Crippen molar-refractivity contribution in [2.45, 2.75) is 38.3 Å². The van der Waals surface area contributed by atoms with Gasteiger partial charge in [0.25, 0.3) is 0 Å². The predicted molar refractivity (Wildman–Crippen MR) is 93.7 cm³/mol. The van der Waals surface area contributed by atoms with E-state index in [0.29, 0.717) is 6.42 Å². The molecule has 1 aromatic heterocycles. The summed E-state index contributed by atoms with van der Waals surface area (Å²) in [5, 5.41) is 14.9. The van der Waals surface area contributed by atoms with Gasteiger partial charge in [-0.2, -0.15) is 0 Å². The van der Waals surface area contributed by atoms with E-state index in [1.54, 1.807) is 6.20 Å². The van der Waals surface area contributed by atoms with Crippen molar-refractivity contribution in [2.24, 2.45) is 5.73 Å². The highest BCUT2D eigenvalue weighted by atomic mass is 19.1. The molecule has 0 amide bonds. The molecule has 6 heteroatoms. The number of hydrogen-bond acceptors (Lipinski definition) is 4. The summed E-state index contributed by atoms with van der Waals surface area (Å²) in [6, 6.07) is 8.87. The van der Waals surface area contributed by atoms with Gasteiger partial charge in [-0.15, -0.1) is 5.10 Å². The first-order chi connectivity index (χ1) is 12.0. The quantitative estimate of drug-likeness (QED) is 0.765. The topological polar surface area (TPSA) is 73.3 Å². The number of halogens is 1. The molecular weight excluding hydrogens is 321 g/mol. The van der Waals surface area contributed by atoms with Crippen LogP contribution in [0.4, 0.5) is 4.39 Å². The van der Waals surface area contributed by atoms with Crippen molar-refractivity contribution in [1.29, 1.82) is 0 Å². The number of aromatic nitrogens is 2. The van der Waals surface area contributed by atoms with Gasteiger partial charge in [-0.1, -0.05) is 23.9 Å². The van der Waals surface area contributed by atoms with Crippen molar-refractivity contribution in [1.82, 2.24) is 9.94 Å². The molecule has 1 aliphatic carbocycles. The minimum absolute atomic E-state index is 0.0825. The minimum atomic E-state index is -0.625. The van der Waals surface area contributed by atoms with Gasteiger partial charge in [0.15, 0.2) is 11.6 Å². The Balaban J connectivity index is 1.75. The van der Waals surface area contributed by atoms with Crippen LogP contribution in [0.3, 0.4) is 0 Å². The molecular formula is C19H20FN3O2. The Hall–Kier alpha value is -2.60. The van der Waals surface area contributed by atoms with Crippen LogP contribution in [-0.2, 0) is 6.42 Å². The summed E-state index contributed by atoms with van der Waals surface area (Å²) in [7, 11) is 0. The van der Waals surface area contributed by atoms with E-state index in [0.717, 1.165) is 40.4 Å². The molecule has 25 heavy (non-hydrogen) atoms. The molecule has 5 nitrogen and oxygen atoms in total. The van der Waals surface area contributed by atoms with E-state index in [-0.39, 0.29) is 17.9 Å². The molecule has 0 bridgehead atoms. The van der Waals surface area contributed by atoms with Crippen molar-refractivity contribution in [3.63, 3.8) is 0 Å². The molecule has 4 rings (SSSR count). The van der Waals surface area contributed by atoms with Crippen LogP contribution in [-0.4, -0.2) is 27.2 Å². The van der Waals surface area contributed by atoms with E-state index in [2.05, 4.69) is 5.10 Å². The number of phenolic OH excluding ortho intramolecular Hbond substituents is 1. The molecule has 0 unspecified atom stereocenters. The summed E-state index contributed by atoms with van der Waals surface area (Å²) in [5.41, 5.74) is 9.14. The molecule has 0 aliphatic heterocycles. The maximum atomic E-state index is 13.9. The summed E-state index contributed by atoms with van der Waals surface area (Å²) in [5.74, 6) is -0.947. The molecule has 1 saturated carbocycles. The molecule has 2 aromatic carbocycles. The zero-order valence-corrected chi connectivity index (χ0v) is 13.9. The van der Waals surface area contributed by atoms with Crippen LogP contribution in [0.1, 0.15) is 25.3 Å². The van der Waals surface area contributed by atoms with Gasteiger partial charge in [0.2, 0.25) is 0 Å². The van der Waals surface area contributed by atoms with Gasteiger partial charge >= 0.3 is 0 Å². The van der Waals surface area contributed by atoms with E-state index in [1.165, 1.54) is 17.0 Å². The van der Waals surface area contributed by atoms with Gasteiger partial charge in [0.1, 0.15) is 11.6 Å². The highest BCUT2D eigenvalue weighted by molar-refractivity contribution is 5.85. The molecule has 0 radical (unpaired) electrons. The third-order valence-electron chi connectivity index (χ3n) is 4.78. The van der Waals surface area contributed by atoms with Crippen molar-refractivity contribution in [3.05, 3.63) is 47.9 Å². The highest BCUT2D eigenvalue weighted by Gasteiger charge is 2.29. The summed E-state index contributed by atoms with van der Waals surface area (Å²) in [6.45, 7) is 1.97. The van der Waals surface area contributed by atoms with Crippen molar-refractivity contribution in [3.8, 4) is 16.9 Å². The number of hydrogen-bond donors (Lipinski definition) is 2. The number of nitrogens with zero attached hydrogens (tertiary/aromatic N) is 2.